The first-order valence-electron chi connectivity index (χ1n) is 4.98. The molecular formula is C11H12BrNO4S. The average molecular weight is 334 g/mol. The Kier molecular flexibility index (Phi) is 5.06. The first kappa shape index (κ1) is 14.9. The molecule has 0 saturated heterocycles. The minimum atomic E-state index is -3.84. The van der Waals surface area contributed by atoms with E-state index in [-0.39, 0.29) is 11.3 Å². The summed E-state index contributed by atoms with van der Waals surface area (Å²) < 4.78 is 26.7. The Morgan fingerprint density at radius 2 is 2.00 bits per heavy atom. The number of carbonyl (C=O) groups is 1. The number of aliphatic carboxylic acids is 1. The van der Waals surface area contributed by atoms with Crippen LogP contribution in [0.15, 0.2) is 46.3 Å². The summed E-state index contributed by atoms with van der Waals surface area (Å²) in [6, 6.07) is 4.70. The Morgan fingerprint density at radius 1 is 1.44 bits per heavy atom. The van der Waals surface area contributed by atoms with Crippen molar-refractivity contribution in [2.45, 2.75) is 17.4 Å². The van der Waals surface area contributed by atoms with Gasteiger partial charge in [0.2, 0.25) is 10.0 Å². The fourth-order valence-electron chi connectivity index (χ4n) is 1.24. The Balaban J connectivity index is 2.96. The van der Waals surface area contributed by atoms with Gasteiger partial charge in [-0.25, -0.2) is 8.42 Å². The highest BCUT2D eigenvalue weighted by Crippen LogP contribution is 2.15. The number of halogens is 1. The van der Waals surface area contributed by atoms with E-state index in [1.54, 1.807) is 12.1 Å². The van der Waals surface area contributed by atoms with E-state index in [4.69, 9.17) is 5.11 Å². The van der Waals surface area contributed by atoms with E-state index < -0.39 is 22.0 Å². The minimum absolute atomic E-state index is 0.0148. The highest BCUT2D eigenvalue weighted by atomic mass is 79.9. The van der Waals surface area contributed by atoms with Crippen molar-refractivity contribution in [1.82, 2.24) is 4.72 Å². The Morgan fingerprint density at radius 3 is 2.44 bits per heavy atom. The molecule has 0 aliphatic rings. The monoisotopic (exact) mass is 333 g/mol. The fourth-order valence-corrected chi connectivity index (χ4v) is 2.70. The van der Waals surface area contributed by atoms with Gasteiger partial charge in [-0.2, -0.15) is 4.72 Å². The number of carboxylic acids is 1. The van der Waals surface area contributed by atoms with E-state index in [2.05, 4.69) is 27.2 Å². The summed E-state index contributed by atoms with van der Waals surface area (Å²) in [4.78, 5) is 10.9. The van der Waals surface area contributed by atoms with Crippen LogP contribution in [-0.4, -0.2) is 25.5 Å². The quantitative estimate of drug-likeness (QED) is 0.777. The number of hydrogen-bond acceptors (Lipinski definition) is 3. The number of nitrogens with one attached hydrogen (secondary N) is 1. The van der Waals surface area contributed by atoms with Gasteiger partial charge < -0.3 is 5.11 Å². The zero-order valence-corrected chi connectivity index (χ0v) is 11.7. The van der Waals surface area contributed by atoms with E-state index in [1.807, 2.05) is 0 Å². The third-order valence-corrected chi connectivity index (χ3v) is 4.14. The van der Waals surface area contributed by atoms with Crippen LogP contribution in [0.5, 0.6) is 0 Å². The Labute approximate surface area is 114 Å². The number of sulfonamides is 1. The predicted molar refractivity (Wildman–Crippen MR) is 70.7 cm³/mol. The molecule has 1 rings (SSSR count). The van der Waals surface area contributed by atoms with Crippen LogP contribution in [0.3, 0.4) is 0 Å². The van der Waals surface area contributed by atoms with Crippen LogP contribution >= 0.6 is 15.9 Å². The molecule has 5 nitrogen and oxygen atoms in total. The molecule has 1 aromatic rings. The number of benzene rings is 1. The van der Waals surface area contributed by atoms with Crippen molar-refractivity contribution in [1.29, 1.82) is 0 Å². The third kappa shape index (κ3) is 3.94. The van der Waals surface area contributed by atoms with Crippen molar-refractivity contribution in [2.75, 3.05) is 0 Å². The predicted octanol–water partition coefficient (Wildman–Crippen LogP) is 1.76. The zero-order valence-electron chi connectivity index (χ0n) is 9.34. The first-order valence-corrected chi connectivity index (χ1v) is 7.26. The zero-order chi connectivity index (χ0) is 13.8. The highest BCUT2D eigenvalue weighted by molar-refractivity contribution is 9.10. The second kappa shape index (κ2) is 6.12. The molecule has 7 heteroatoms. The number of carboxylic acid groups (broad SMARTS) is 1. The van der Waals surface area contributed by atoms with E-state index >= 15 is 0 Å². The van der Waals surface area contributed by atoms with Gasteiger partial charge in [0.15, 0.2) is 0 Å². The molecule has 0 aromatic heterocycles. The van der Waals surface area contributed by atoms with Crippen molar-refractivity contribution in [3.63, 3.8) is 0 Å². The van der Waals surface area contributed by atoms with Crippen LogP contribution in [-0.2, 0) is 14.8 Å². The number of hydrogen-bond donors (Lipinski definition) is 2. The second-order valence-corrected chi connectivity index (χ2v) is 6.12. The van der Waals surface area contributed by atoms with Crippen LogP contribution in [0.2, 0.25) is 0 Å². The molecule has 0 heterocycles. The summed E-state index contributed by atoms with van der Waals surface area (Å²) in [5.41, 5.74) is 0. The molecule has 0 saturated carbocycles. The molecule has 0 aliphatic carbocycles. The fraction of sp³-hybridized carbons (Fsp3) is 0.182. The van der Waals surface area contributed by atoms with Gasteiger partial charge in [0.1, 0.15) is 6.04 Å². The van der Waals surface area contributed by atoms with Gasteiger partial charge in [-0.15, -0.1) is 6.58 Å². The van der Waals surface area contributed by atoms with Gasteiger partial charge >= 0.3 is 5.97 Å². The lowest BCUT2D eigenvalue weighted by Crippen LogP contribution is -2.40. The van der Waals surface area contributed by atoms with Crippen molar-refractivity contribution in [3.05, 3.63) is 41.4 Å². The molecule has 0 aliphatic heterocycles. The van der Waals surface area contributed by atoms with Gasteiger partial charge in [0, 0.05) is 4.47 Å². The molecule has 18 heavy (non-hydrogen) atoms. The maximum Gasteiger partial charge on any atom is 0.322 e. The molecule has 1 unspecified atom stereocenters. The van der Waals surface area contributed by atoms with Crippen LogP contribution < -0.4 is 4.72 Å². The molecule has 2 N–H and O–H groups in total. The molecule has 0 radical (unpaired) electrons. The molecular weight excluding hydrogens is 322 g/mol. The second-order valence-electron chi connectivity index (χ2n) is 3.49. The molecule has 0 bridgehead atoms. The van der Waals surface area contributed by atoms with Crippen molar-refractivity contribution in [3.8, 4) is 0 Å². The van der Waals surface area contributed by atoms with Gasteiger partial charge in [0.05, 0.1) is 4.90 Å². The lowest BCUT2D eigenvalue weighted by atomic mass is 10.2. The molecule has 0 fully saturated rings. The Bertz CT molecular complexity index is 539. The summed E-state index contributed by atoms with van der Waals surface area (Å²) in [6.45, 7) is 3.39. The van der Waals surface area contributed by atoms with Crippen molar-refractivity contribution >= 4 is 31.9 Å². The van der Waals surface area contributed by atoms with Gasteiger partial charge in [-0.3, -0.25) is 4.79 Å². The summed E-state index contributed by atoms with van der Waals surface area (Å²) >= 11 is 3.19. The molecule has 1 atom stereocenters. The highest BCUT2D eigenvalue weighted by Gasteiger charge is 2.24. The van der Waals surface area contributed by atoms with Gasteiger partial charge in [-0.05, 0) is 30.7 Å². The van der Waals surface area contributed by atoms with E-state index in [1.165, 1.54) is 18.2 Å². The molecule has 1 aromatic carbocycles. The third-order valence-electron chi connectivity index (χ3n) is 2.12. The van der Waals surface area contributed by atoms with Crippen LogP contribution in [0, 0.1) is 0 Å². The maximum atomic E-state index is 11.9. The molecule has 0 spiro atoms. The summed E-state index contributed by atoms with van der Waals surface area (Å²) in [5.74, 6) is -1.24. The largest absolute Gasteiger partial charge is 0.480 e. The average Bonchev–Trinajstić information content (AvgIpc) is 2.28. The molecule has 0 amide bonds. The number of rotatable bonds is 6. The maximum absolute atomic E-state index is 11.9. The van der Waals surface area contributed by atoms with Gasteiger partial charge in [-0.1, -0.05) is 22.0 Å². The van der Waals surface area contributed by atoms with Crippen LogP contribution in [0.25, 0.3) is 0 Å². The van der Waals surface area contributed by atoms with Crippen molar-refractivity contribution < 1.29 is 18.3 Å². The summed E-state index contributed by atoms with van der Waals surface area (Å²) in [6.07, 6.45) is 1.37. The summed E-state index contributed by atoms with van der Waals surface area (Å²) in [7, 11) is -3.84. The molecule has 98 valence electrons. The van der Waals surface area contributed by atoms with E-state index in [0.717, 1.165) is 4.47 Å². The smallest absolute Gasteiger partial charge is 0.322 e. The first-order chi connectivity index (χ1) is 8.36. The van der Waals surface area contributed by atoms with Crippen LogP contribution in [0.1, 0.15) is 6.42 Å². The lowest BCUT2D eigenvalue weighted by Gasteiger charge is -2.13. The van der Waals surface area contributed by atoms with Gasteiger partial charge in [0.25, 0.3) is 0 Å². The SMILES string of the molecule is C=CCC(NS(=O)(=O)c1ccc(Br)cc1)C(=O)O. The Hall–Kier alpha value is -1.18. The summed E-state index contributed by atoms with van der Waals surface area (Å²) in [5, 5.41) is 8.88. The lowest BCUT2D eigenvalue weighted by molar-refractivity contribution is -0.138. The van der Waals surface area contributed by atoms with Crippen molar-refractivity contribution in [2.24, 2.45) is 0 Å². The standard InChI is InChI=1S/C11H12BrNO4S/c1-2-3-10(11(14)15)13-18(16,17)9-6-4-8(12)5-7-9/h2,4-7,10,13H,1,3H2,(H,14,15). The van der Waals surface area contributed by atoms with E-state index in [0.29, 0.717) is 0 Å². The van der Waals surface area contributed by atoms with Crippen LogP contribution in [0.4, 0.5) is 0 Å². The van der Waals surface area contributed by atoms with E-state index in [9.17, 15) is 13.2 Å². The topological polar surface area (TPSA) is 83.5 Å². The normalized spacial score (nSPS) is 12.9. The minimum Gasteiger partial charge on any atom is -0.480 e.